The molecule has 0 saturated heterocycles. The quantitative estimate of drug-likeness (QED) is 0.458. The van der Waals surface area contributed by atoms with E-state index in [1.165, 1.54) is 11.8 Å². The summed E-state index contributed by atoms with van der Waals surface area (Å²) in [5.41, 5.74) is 1.31. The molecule has 24 heavy (non-hydrogen) atoms. The number of carbonyl (C=O) groups is 1. The van der Waals surface area contributed by atoms with Gasteiger partial charge in [0.2, 0.25) is 5.89 Å². The first-order valence-corrected chi connectivity index (χ1v) is 9.08. The number of carbonyl (C=O) groups excluding carboxylic acids is 1. The third-order valence-corrected chi connectivity index (χ3v) is 4.71. The predicted octanol–water partition coefficient (Wildman–Crippen LogP) is 4.58. The molecule has 0 N–H and O–H groups in total. The Bertz CT molecular complexity index is 866. The zero-order chi connectivity index (χ0) is 16.9. The van der Waals surface area contributed by atoms with Gasteiger partial charge in [-0.2, -0.15) is 0 Å². The fourth-order valence-corrected chi connectivity index (χ4v) is 3.11. The number of hydrogen-bond donors (Lipinski definition) is 0. The summed E-state index contributed by atoms with van der Waals surface area (Å²) in [6.07, 6.45) is 1.91. The second-order valence-electron chi connectivity index (χ2n) is 4.76. The van der Waals surface area contributed by atoms with Gasteiger partial charge in [-0.25, -0.2) is 4.79 Å². The molecule has 0 amide bonds. The van der Waals surface area contributed by atoms with Crippen LogP contribution in [0.4, 0.5) is 0 Å². The molecule has 0 radical (unpaired) electrons. The third-order valence-electron chi connectivity index (χ3n) is 3.22. The summed E-state index contributed by atoms with van der Waals surface area (Å²) in [6.45, 7) is -0.0704. The zero-order valence-electron chi connectivity index (χ0n) is 12.7. The molecule has 0 aliphatic carbocycles. The minimum absolute atomic E-state index is 0.0704. The van der Waals surface area contributed by atoms with Crippen LogP contribution in [-0.2, 0) is 11.3 Å². The topological polar surface area (TPSA) is 65.2 Å². The van der Waals surface area contributed by atoms with Crippen molar-refractivity contribution in [2.75, 3.05) is 6.26 Å². The van der Waals surface area contributed by atoms with Gasteiger partial charge >= 0.3 is 5.97 Å². The van der Waals surface area contributed by atoms with Gasteiger partial charge in [0, 0.05) is 9.37 Å². The summed E-state index contributed by atoms with van der Waals surface area (Å²) in [6, 6.07) is 14.8. The lowest BCUT2D eigenvalue weighted by Crippen LogP contribution is -2.06. The number of aromatic nitrogens is 2. The lowest BCUT2D eigenvalue weighted by molar-refractivity contribution is 0.0434. The maximum atomic E-state index is 12.2. The zero-order valence-corrected chi connectivity index (χ0v) is 15.1. The number of esters is 1. The Labute approximate surface area is 151 Å². The van der Waals surface area contributed by atoms with Crippen molar-refractivity contribution in [3.8, 4) is 11.5 Å². The van der Waals surface area contributed by atoms with Gasteiger partial charge in [0.1, 0.15) is 0 Å². The maximum Gasteiger partial charge on any atom is 0.339 e. The monoisotopic (exact) mass is 404 g/mol. The molecule has 2 aromatic carbocycles. The molecule has 0 unspecified atom stereocenters. The van der Waals surface area contributed by atoms with Gasteiger partial charge in [0.25, 0.3) is 5.89 Å². The van der Waals surface area contributed by atoms with Crippen molar-refractivity contribution in [1.29, 1.82) is 0 Å². The van der Waals surface area contributed by atoms with Gasteiger partial charge in [-0.15, -0.1) is 22.0 Å². The molecule has 0 aliphatic heterocycles. The van der Waals surface area contributed by atoms with E-state index in [9.17, 15) is 4.79 Å². The number of hydrogen-bond acceptors (Lipinski definition) is 6. The molecular formula is C17H13BrN2O3S. The van der Waals surface area contributed by atoms with Crippen LogP contribution in [-0.4, -0.2) is 22.4 Å². The van der Waals surface area contributed by atoms with Crippen LogP contribution < -0.4 is 0 Å². The number of thioether (sulfide) groups is 1. The van der Waals surface area contributed by atoms with Crippen molar-refractivity contribution >= 4 is 33.7 Å². The Balaban J connectivity index is 1.70. The van der Waals surface area contributed by atoms with E-state index in [0.717, 1.165) is 14.9 Å². The molecule has 1 aromatic heterocycles. The highest BCUT2D eigenvalue weighted by atomic mass is 79.9. The number of rotatable bonds is 5. The van der Waals surface area contributed by atoms with E-state index in [1.807, 2.05) is 42.7 Å². The lowest BCUT2D eigenvalue weighted by Gasteiger charge is -2.06. The largest absolute Gasteiger partial charge is 0.452 e. The minimum Gasteiger partial charge on any atom is -0.452 e. The minimum atomic E-state index is -0.416. The first-order valence-electron chi connectivity index (χ1n) is 7.06. The van der Waals surface area contributed by atoms with Crippen LogP contribution in [0.25, 0.3) is 11.5 Å². The van der Waals surface area contributed by atoms with Crippen LogP contribution >= 0.6 is 27.7 Å². The fraction of sp³-hybridized carbons (Fsp3) is 0.118. The van der Waals surface area contributed by atoms with Crippen molar-refractivity contribution < 1.29 is 13.9 Å². The maximum absolute atomic E-state index is 12.2. The van der Waals surface area contributed by atoms with E-state index in [2.05, 4.69) is 26.1 Å². The summed E-state index contributed by atoms with van der Waals surface area (Å²) < 4.78 is 11.7. The third kappa shape index (κ3) is 3.68. The molecule has 7 heteroatoms. The van der Waals surface area contributed by atoms with Crippen LogP contribution in [0.3, 0.4) is 0 Å². The van der Waals surface area contributed by atoms with Gasteiger partial charge in [-0.05, 0) is 46.5 Å². The number of ether oxygens (including phenoxy) is 1. The average molecular weight is 405 g/mol. The van der Waals surface area contributed by atoms with E-state index >= 15 is 0 Å². The molecule has 0 saturated carbocycles. The summed E-state index contributed by atoms with van der Waals surface area (Å²) in [7, 11) is 0. The van der Waals surface area contributed by atoms with Gasteiger partial charge in [0.15, 0.2) is 6.61 Å². The number of benzene rings is 2. The van der Waals surface area contributed by atoms with Crippen molar-refractivity contribution in [2.24, 2.45) is 0 Å². The summed E-state index contributed by atoms with van der Waals surface area (Å²) in [5.74, 6) is 0.203. The Hall–Kier alpha value is -2.12. The normalized spacial score (nSPS) is 10.6. The molecule has 0 atom stereocenters. The Kier molecular flexibility index (Phi) is 5.32. The van der Waals surface area contributed by atoms with Crippen LogP contribution in [0.5, 0.6) is 0 Å². The summed E-state index contributed by atoms with van der Waals surface area (Å²) in [5, 5.41) is 7.91. The average Bonchev–Trinajstić information content (AvgIpc) is 3.08. The van der Waals surface area contributed by atoms with Crippen molar-refractivity contribution in [2.45, 2.75) is 11.5 Å². The molecule has 0 fully saturated rings. The summed E-state index contributed by atoms with van der Waals surface area (Å²) >= 11 is 4.93. The SMILES string of the molecule is CSc1ccccc1C(=O)OCc1nnc(-c2ccccc2Br)o1. The van der Waals surface area contributed by atoms with Crippen LogP contribution in [0.15, 0.2) is 62.3 Å². The predicted molar refractivity (Wildman–Crippen MR) is 94.8 cm³/mol. The molecule has 0 spiro atoms. The van der Waals surface area contributed by atoms with Gasteiger partial charge in [0.05, 0.1) is 11.1 Å². The lowest BCUT2D eigenvalue weighted by atomic mass is 10.2. The van der Waals surface area contributed by atoms with E-state index in [1.54, 1.807) is 12.1 Å². The van der Waals surface area contributed by atoms with Crippen molar-refractivity contribution in [3.05, 3.63) is 64.5 Å². The molecule has 1 heterocycles. The van der Waals surface area contributed by atoms with Crippen molar-refractivity contribution in [1.82, 2.24) is 10.2 Å². The van der Waals surface area contributed by atoms with Gasteiger partial charge < -0.3 is 9.15 Å². The Morgan fingerprint density at radius 2 is 1.92 bits per heavy atom. The molecular weight excluding hydrogens is 392 g/mol. The second-order valence-corrected chi connectivity index (χ2v) is 6.46. The first-order chi connectivity index (χ1) is 11.7. The smallest absolute Gasteiger partial charge is 0.339 e. The molecule has 3 aromatic rings. The Morgan fingerprint density at radius 3 is 2.71 bits per heavy atom. The molecule has 0 bridgehead atoms. The van der Waals surface area contributed by atoms with Gasteiger partial charge in [-0.3, -0.25) is 0 Å². The number of nitrogens with zero attached hydrogens (tertiary/aromatic N) is 2. The molecule has 122 valence electrons. The molecule has 0 aliphatic rings. The second kappa shape index (κ2) is 7.63. The van der Waals surface area contributed by atoms with E-state index in [0.29, 0.717) is 11.5 Å². The van der Waals surface area contributed by atoms with E-state index in [-0.39, 0.29) is 12.5 Å². The van der Waals surface area contributed by atoms with Gasteiger partial charge in [-0.1, -0.05) is 24.3 Å². The fourth-order valence-electron chi connectivity index (χ4n) is 2.07. The van der Waals surface area contributed by atoms with E-state index < -0.39 is 5.97 Å². The summed E-state index contributed by atoms with van der Waals surface area (Å²) in [4.78, 5) is 13.1. The van der Waals surface area contributed by atoms with Crippen LogP contribution in [0, 0.1) is 0 Å². The molecule has 5 nitrogen and oxygen atoms in total. The first kappa shape index (κ1) is 16.7. The molecule has 3 rings (SSSR count). The van der Waals surface area contributed by atoms with E-state index in [4.69, 9.17) is 9.15 Å². The standard InChI is InChI=1S/C17H13BrN2O3S/c1-24-14-9-5-3-7-12(14)17(21)22-10-15-19-20-16(23-15)11-6-2-4-8-13(11)18/h2-9H,10H2,1H3. The van der Waals surface area contributed by atoms with Crippen LogP contribution in [0.1, 0.15) is 16.2 Å². The highest BCUT2D eigenvalue weighted by molar-refractivity contribution is 9.10. The Morgan fingerprint density at radius 1 is 1.17 bits per heavy atom. The highest BCUT2D eigenvalue weighted by Crippen LogP contribution is 2.27. The van der Waals surface area contributed by atoms with Crippen molar-refractivity contribution in [3.63, 3.8) is 0 Å². The highest BCUT2D eigenvalue weighted by Gasteiger charge is 2.15. The van der Waals surface area contributed by atoms with Crippen LogP contribution in [0.2, 0.25) is 0 Å². The number of halogens is 1.